The summed E-state index contributed by atoms with van der Waals surface area (Å²) in [6, 6.07) is 0.613. The average molecular weight is 183 g/mol. The van der Waals surface area contributed by atoms with Gasteiger partial charge in [0, 0.05) is 12.6 Å². The maximum Gasteiger partial charge on any atom is 0.0556 e. The van der Waals surface area contributed by atoms with Crippen molar-refractivity contribution in [3.63, 3.8) is 0 Å². The van der Waals surface area contributed by atoms with Crippen LogP contribution in [0.1, 0.15) is 32.6 Å². The highest BCUT2D eigenvalue weighted by atomic mass is 16.3. The van der Waals surface area contributed by atoms with Crippen LogP contribution in [0, 0.1) is 17.8 Å². The molecule has 13 heavy (non-hydrogen) atoms. The molecule has 0 amide bonds. The molecule has 2 rings (SSSR count). The smallest absolute Gasteiger partial charge is 0.0556 e. The highest BCUT2D eigenvalue weighted by Crippen LogP contribution is 2.49. The lowest BCUT2D eigenvalue weighted by atomic mass is 9.84. The molecule has 76 valence electrons. The molecule has 0 saturated heterocycles. The first-order chi connectivity index (χ1) is 6.31. The van der Waals surface area contributed by atoms with Gasteiger partial charge in [0.25, 0.3) is 0 Å². The number of hydrogen-bond donors (Lipinski definition) is 2. The monoisotopic (exact) mass is 183 g/mol. The molecule has 4 atom stereocenters. The van der Waals surface area contributed by atoms with Crippen LogP contribution in [0.2, 0.25) is 0 Å². The molecule has 2 aliphatic rings. The number of rotatable bonds is 4. The van der Waals surface area contributed by atoms with Crippen molar-refractivity contribution in [3.05, 3.63) is 0 Å². The van der Waals surface area contributed by atoms with Crippen molar-refractivity contribution < 1.29 is 5.11 Å². The quantitative estimate of drug-likeness (QED) is 0.690. The summed E-state index contributed by atoms with van der Waals surface area (Å²) < 4.78 is 0. The summed E-state index contributed by atoms with van der Waals surface area (Å²) in [5.41, 5.74) is 0. The van der Waals surface area contributed by atoms with E-state index in [2.05, 4.69) is 12.2 Å². The fourth-order valence-corrected chi connectivity index (χ4v) is 3.35. The van der Waals surface area contributed by atoms with Crippen molar-refractivity contribution in [1.29, 1.82) is 0 Å². The van der Waals surface area contributed by atoms with Gasteiger partial charge in [0.2, 0.25) is 0 Å². The zero-order valence-electron chi connectivity index (χ0n) is 8.50. The molecule has 2 saturated carbocycles. The summed E-state index contributed by atoms with van der Waals surface area (Å²) in [7, 11) is 0. The number of aliphatic hydroxyl groups is 1. The lowest BCUT2D eigenvalue weighted by Crippen LogP contribution is -2.37. The summed E-state index contributed by atoms with van der Waals surface area (Å²) >= 11 is 0. The van der Waals surface area contributed by atoms with Crippen LogP contribution in [-0.4, -0.2) is 24.3 Å². The third kappa shape index (κ3) is 1.89. The van der Waals surface area contributed by atoms with E-state index in [4.69, 9.17) is 5.11 Å². The first-order valence-corrected chi connectivity index (χ1v) is 5.65. The summed E-state index contributed by atoms with van der Waals surface area (Å²) in [5.74, 6) is 2.92. The van der Waals surface area contributed by atoms with Crippen LogP contribution in [0.25, 0.3) is 0 Å². The van der Waals surface area contributed by atoms with E-state index in [1.165, 1.54) is 25.7 Å². The van der Waals surface area contributed by atoms with Gasteiger partial charge in [0.15, 0.2) is 0 Å². The van der Waals surface area contributed by atoms with Gasteiger partial charge in [-0.1, -0.05) is 6.42 Å². The SMILES string of the molecule is CC(NCCO)C1CC2CCC1C2. The van der Waals surface area contributed by atoms with Gasteiger partial charge in [-0.05, 0) is 43.9 Å². The molecule has 2 aliphatic carbocycles. The Balaban J connectivity index is 1.80. The minimum Gasteiger partial charge on any atom is -0.395 e. The second-order valence-electron chi connectivity index (χ2n) is 4.81. The maximum absolute atomic E-state index is 8.73. The molecule has 2 fully saturated rings. The molecule has 0 aromatic heterocycles. The number of fused-ring (bicyclic) bond motifs is 2. The van der Waals surface area contributed by atoms with E-state index in [0.29, 0.717) is 6.04 Å². The van der Waals surface area contributed by atoms with Crippen LogP contribution < -0.4 is 5.32 Å². The molecule has 0 spiro atoms. The fourth-order valence-electron chi connectivity index (χ4n) is 3.35. The van der Waals surface area contributed by atoms with E-state index in [-0.39, 0.29) is 6.61 Å². The topological polar surface area (TPSA) is 32.3 Å². The number of nitrogens with one attached hydrogen (secondary N) is 1. The van der Waals surface area contributed by atoms with E-state index < -0.39 is 0 Å². The summed E-state index contributed by atoms with van der Waals surface area (Å²) in [4.78, 5) is 0. The van der Waals surface area contributed by atoms with Crippen LogP contribution in [0.3, 0.4) is 0 Å². The molecular formula is C11H21NO. The molecule has 2 N–H and O–H groups in total. The molecular weight excluding hydrogens is 162 g/mol. The molecule has 2 heteroatoms. The Bertz CT molecular complexity index is 171. The van der Waals surface area contributed by atoms with Gasteiger partial charge >= 0.3 is 0 Å². The summed E-state index contributed by atoms with van der Waals surface area (Å²) in [6.45, 7) is 3.31. The number of aliphatic hydroxyl groups excluding tert-OH is 1. The standard InChI is InChI=1S/C11H21NO/c1-8(12-4-5-13)11-7-9-2-3-10(11)6-9/h8-13H,2-7H2,1H3. The second-order valence-corrected chi connectivity index (χ2v) is 4.81. The van der Waals surface area contributed by atoms with E-state index >= 15 is 0 Å². The molecule has 0 heterocycles. The first-order valence-electron chi connectivity index (χ1n) is 5.65. The van der Waals surface area contributed by atoms with Crippen LogP contribution in [0.4, 0.5) is 0 Å². The van der Waals surface area contributed by atoms with Crippen LogP contribution in [-0.2, 0) is 0 Å². The Hall–Kier alpha value is -0.0800. The molecule has 0 aliphatic heterocycles. The first kappa shape index (κ1) is 9.47. The van der Waals surface area contributed by atoms with Gasteiger partial charge in [0.1, 0.15) is 0 Å². The summed E-state index contributed by atoms with van der Waals surface area (Å²) in [6.07, 6.45) is 5.86. The fraction of sp³-hybridized carbons (Fsp3) is 1.00. The van der Waals surface area contributed by atoms with Crippen LogP contribution in [0.5, 0.6) is 0 Å². The second kappa shape index (κ2) is 3.97. The zero-order valence-corrected chi connectivity index (χ0v) is 8.50. The normalized spacial score (nSPS) is 39.7. The van der Waals surface area contributed by atoms with E-state index in [0.717, 1.165) is 24.3 Å². The van der Waals surface area contributed by atoms with Gasteiger partial charge in [-0.2, -0.15) is 0 Å². The van der Waals surface area contributed by atoms with E-state index in [1.54, 1.807) is 0 Å². The molecule has 4 unspecified atom stereocenters. The highest BCUT2D eigenvalue weighted by molar-refractivity contribution is 4.93. The number of hydrogen-bond acceptors (Lipinski definition) is 2. The van der Waals surface area contributed by atoms with Crippen LogP contribution >= 0.6 is 0 Å². The molecule has 0 aromatic carbocycles. The van der Waals surface area contributed by atoms with Crippen molar-refractivity contribution >= 4 is 0 Å². The lowest BCUT2D eigenvalue weighted by Gasteiger charge is -2.28. The van der Waals surface area contributed by atoms with Gasteiger partial charge in [-0.3, -0.25) is 0 Å². The lowest BCUT2D eigenvalue weighted by molar-refractivity contribution is 0.235. The maximum atomic E-state index is 8.73. The Morgan fingerprint density at radius 2 is 2.23 bits per heavy atom. The van der Waals surface area contributed by atoms with Crippen molar-refractivity contribution in [3.8, 4) is 0 Å². The predicted octanol–water partition coefficient (Wildman–Crippen LogP) is 1.39. The molecule has 2 bridgehead atoms. The Kier molecular flexibility index (Phi) is 2.89. The Labute approximate surface area is 80.7 Å². The molecule has 0 radical (unpaired) electrons. The Morgan fingerprint density at radius 1 is 1.38 bits per heavy atom. The third-order valence-corrected chi connectivity index (χ3v) is 4.01. The van der Waals surface area contributed by atoms with Crippen molar-refractivity contribution in [2.24, 2.45) is 17.8 Å². The summed E-state index contributed by atoms with van der Waals surface area (Å²) in [5, 5.41) is 12.1. The molecule has 2 nitrogen and oxygen atoms in total. The minimum atomic E-state index is 0.269. The van der Waals surface area contributed by atoms with Gasteiger partial charge in [-0.25, -0.2) is 0 Å². The molecule has 0 aromatic rings. The zero-order chi connectivity index (χ0) is 9.26. The van der Waals surface area contributed by atoms with E-state index in [9.17, 15) is 0 Å². The minimum absolute atomic E-state index is 0.269. The van der Waals surface area contributed by atoms with Crippen molar-refractivity contribution in [2.45, 2.75) is 38.6 Å². The van der Waals surface area contributed by atoms with Gasteiger partial charge in [-0.15, -0.1) is 0 Å². The average Bonchev–Trinajstić information content (AvgIpc) is 2.74. The third-order valence-electron chi connectivity index (χ3n) is 4.01. The van der Waals surface area contributed by atoms with Gasteiger partial charge < -0.3 is 10.4 Å². The Morgan fingerprint density at radius 3 is 2.77 bits per heavy atom. The predicted molar refractivity (Wildman–Crippen MR) is 53.5 cm³/mol. The van der Waals surface area contributed by atoms with Crippen LogP contribution in [0.15, 0.2) is 0 Å². The largest absolute Gasteiger partial charge is 0.395 e. The van der Waals surface area contributed by atoms with E-state index in [1.807, 2.05) is 0 Å². The highest BCUT2D eigenvalue weighted by Gasteiger charge is 2.41. The van der Waals surface area contributed by atoms with Crippen molar-refractivity contribution in [2.75, 3.05) is 13.2 Å². The van der Waals surface area contributed by atoms with Gasteiger partial charge in [0.05, 0.1) is 6.61 Å². The van der Waals surface area contributed by atoms with Crippen molar-refractivity contribution in [1.82, 2.24) is 5.32 Å².